The molecule has 0 spiro atoms. The number of amides is 2. The Labute approximate surface area is 209 Å². The van der Waals surface area contributed by atoms with Crippen molar-refractivity contribution < 1.29 is 28.6 Å². The molecule has 1 atom stereocenters. The molecule has 1 unspecified atom stereocenters. The number of hydrogen-bond donors (Lipinski definition) is 2. The first-order valence-electron chi connectivity index (χ1n) is 11.7. The largest absolute Gasteiger partial charge is 0.504 e. The summed E-state index contributed by atoms with van der Waals surface area (Å²) in [7, 11) is 3.08. The van der Waals surface area contributed by atoms with E-state index in [-0.39, 0.29) is 17.7 Å². The normalized spacial score (nSPS) is 15.7. The summed E-state index contributed by atoms with van der Waals surface area (Å²) < 4.78 is 21.5. The van der Waals surface area contributed by atoms with Crippen LogP contribution in [0, 0.1) is 0 Å². The van der Waals surface area contributed by atoms with E-state index in [1.165, 1.54) is 7.11 Å². The van der Waals surface area contributed by atoms with Crippen LogP contribution in [0.15, 0.2) is 52.7 Å². The first kappa shape index (κ1) is 25.1. The van der Waals surface area contributed by atoms with Crippen LogP contribution in [0.4, 0.5) is 4.79 Å². The van der Waals surface area contributed by atoms with Crippen molar-refractivity contribution in [2.75, 3.05) is 34.0 Å². The monoisotopic (exact) mass is 494 g/mol. The summed E-state index contributed by atoms with van der Waals surface area (Å²) in [4.78, 5) is 19.4. The van der Waals surface area contributed by atoms with E-state index in [0.29, 0.717) is 54.6 Å². The van der Waals surface area contributed by atoms with Crippen LogP contribution in [0.2, 0.25) is 0 Å². The highest BCUT2D eigenvalue weighted by atomic mass is 16.5. The second kappa shape index (κ2) is 11.1. The van der Waals surface area contributed by atoms with E-state index in [4.69, 9.17) is 18.7 Å². The van der Waals surface area contributed by atoms with Crippen LogP contribution < -0.4 is 14.8 Å². The van der Waals surface area contributed by atoms with Gasteiger partial charge in [0.25, 0.3) is 5.89 Å². The van der Waals surface area contributed by atoms with E-state index in [2.05, 4.69) is 15.5 Å². The molecule has 2 N–H and O–H groups in total. The molecule has 0 aliphatic carbocycles. The Morgan fingerprint density at radius 1 is 1.14 bits per heavy atom. The fourth-order valence-corrected chi connectivity index (χ4v) is 4.12. The molecule has 2 amide bonds. The average molecular weight is 495 g/mol. The fourth-order valence-electron chi connectivity index (χ4n) is 4.12. The zero-order chi connectivity index (χ0) is 25.7. The first-order valence-corrected chi connectivity index (χ1v) is 11.7. The van der Waals surface area contributed by atoms with Gasteiger partial charge in [0.2, 0.25) is 5.82 Å². The van der Waals surface area contributed by atoms with Crippen molar-refractivity contribution in [2.45, 2.75) is 26.3 Å². The second-order valence-corrected chi connectivity index (χ2v) is 8.17. The highest BCUT2D eigenvalue weighted by Crippen LogP contribution is 2.39. The Kier molecular flexibility index (Phi) is 7.74. The third-order valence-electron chi connectivity index (χ3n) is 6.01. The maximum absolute atomic E-state index is 13.1. The number of phenols is 1. The molecule has 2 aromatic carbocycles. The van der Waals surface area contributed by atoms with Crippen molar-refractivity contribution in [3.63, 3.8) is 0 Å². The summed E-state index contributed by atoms with van der Waals surface area (Å²) in [6, 6.07) is 11.4. The molecule has 2 heterocycles. The number of phenolic OH excluding ortho intramolecular Hbond substituents is 1. The highest BCUT2D eigenvalue weighted by molar-refractivity contribution is 5.87. The molecule has 0 bridgehead atoms. The number of nitrogens with one attached hydrogen (secondary N) is 1. The van der Waals surface area contributed by atoms with Gasteiger partial charge >= 0.3 is 6.03 Å². The Hall–Kier alpha value is -4.05. The molecule has 0 saturated heterocycles. The van der Waals surface area contributed by atoms with Crippen molar-refractivity contribution in [3.8, 4) is 28.6 Å². The summed E-state index contributed by atoms with van der Waals surface area (Å²) in [5.74, 6) is 1.70. The molecular formula is C26H30N4O6. The highest BCUT2D eigenvalue weighted by Gasteiger charge is 2.36. The van der Waals surface area contributed by atoms with Gasteiger partial charge in [0, 0.05) is 31.0 Å². The van der Waals surface area contributed by atoms with Gasteiger partial charge in [-0.25, -0.2) is 4.79 Å². The molecule has 0 fully saturated rings. The van der Waals surface area contributed by atoms with E-state index < -0.39 is 6.04 Å². The predicted octanol–water partition coefficient (Wildman–Crippen LogP) is 4.38. The number of aromatic nitrogens is 2. The Morgan fingerprint density at radius 3 is 2.58 bits per heavy atom. The summed E-state index contributed by atoms with van der Waals surface area (Å²) >= 11 is 0. The van der Waals surface area contributed by atoms with E-state index in [9.17, 15) is 9.90 Å². The lowest BCUT2D eigenvalue weighted by Crippen LogP contribution is -2.46. The molecule has 3 aromatic rings. The maximum atomic E-state index is 13.1. The number of hydrogen-bond acceptors (Lipinski definition) is 8. The lowest BCUT2D eigenvalue weighted by Gasteiger charge is -2.35. The van der Waals surface area contributed by atoms with Crippen LogP contribution in [0.3, 0.4) is 0 Å². The van der Waals surface area contributed by atoms with Crippen LogP contribution in [-0.2, 0) is 4.74 Å². The van der Waals surface area contributed by atoms with Crippen LogP contribution in [0.5, 0.6) is 17.2 Å². The number of allylic oxidation sites excluding steroid dienone is 1. The maximum Gasteiger partial charge on any atom is 0.322 e. The minimum absolute atomic E-state index is 0.0372. The van der Waals surface area contributed by atoms with E-state index in [1.54, 1.807) is 30.2 Å². The summed E-state index contributed by atoms with van der Waals surface area (Å²) in [6.07, 6.45) is 0.667. The van der Waals surface area contributed by atoms with Crippen molar-refractivity contribution in [2.24, 2.45) is 0 Å². The van der Waals surface area contributed by atoms with Gasteiger partial charge in [-0.1, -0.05) is 11.2 Å². The van der Waals surface area contributed by atoms with E-state index in [0.717, 1.165) is 11.3 Å². The van der Waals surface area contributed by atoms with Crippen molar-refractivity contribution in [1.29, 1.82) is 0 Å². The summed E-state index contributed by atoms with van der Waals surface area (Å²) in [6.45, 7) is 5.40. The summed E-state index contributed by atoms with van der Waals surface area (Å²) in [5, 5.41) is 17.6. The standard InChI is InChI=1S/C26H30N4O6/c1-5-35-14-6-13-30-16(2)22(23(27-26(30)32)18-9-12-21(34-4)20(31)15-18)25-28-24(29-36-25)17-7-10-19(33-3)11-8-17/h7-12,15,23,31H,5-6,13-14H2,1-4H3,(H,27,32). The van der Waals surface area contributed by atoms with Gasteiger partial charge in [-0.05, 0) is 62.2 Å². The molecule has 0 saturated carbocycles. The lowest BCUT2D eigenvalue weighted by molar-refractivity contribution is 0.136. The Balaban J connectivity index is 1.74. The van der Waals surface area contributed by atoms with Crippen LogP contribution >= 0.6 is 0 Å². The Bertz CT molecular complexity index is 1240. The fraction of sp³-hybridized carbons (Fsp3) is 0.346. The zero-order valence-electron chi connectivity index (χ0n) is 20.8. The topological polar surface area (TPSA) is 119 Å². The zero-order valence-corrected chi connectivity index (χ0v) is 20.8. The average Bonchev–Trinajstić information content (AvgIpc) is 3.37. The Morgan fingerprint density at radius 2 is 1.92 bits per heavy atom. The van der Waals surface area contributed by atoms with Gasteiger partial charge in [-0.15, -0.1) is 0 Å². The van der Waals surface area contributed by atoms with E-state index in [1.807, 2.05) is 38.1 Å². The smallest absolute Gasteiger partial charge is 0.322 e. The third-order valence-corrected chi connectivity index (χ3v) is 6.01. The van der Waals surface area contributed by atoms with Gasteiger partial charge in [0.1, 0.15) is 5.75 Å². The minimum atomic E-state index is -0.624. The molecule has 190 valence electrons. The van der Waals surface area contributed by atoms with Crippen molar-refractivity contribution >= 4 is 11.6 Å². The molecule has 36 heavy (non-hydrogen) atoms. The van der Waals surface area contributed by atoms with Gasteiger partial charge in [0.05, 0.1) is 25.8 Å². The number of nitrogens with zero attached hydrogens (tertiary/aromatic N) is 3. The molecule has 4 rings (SSSR count). The van der Waals surface area contributed by atoms with Crippen LogP contribution in [0.25, 0.3) is 17.0 Å². The molecule has 1 aliphatic rings. The number of benzene rings is 2. The third kappa shape index (κ3) is 5.13. The molecule has 10 heteroatoms. The van der Waals surface area contributed by atoms with Gasteiger partial charge in [-0.3, -0.25) is 4.90 Å². The number of carbonyl (C=O) groups excluding carboxylic acids is 1. The van der Waals surface area contributed by atoms with E-state index >= 15 is 0 Å². The van der Waals surface area contributed by atoms with Crippen molar-refractivity contribution in [3.05, 3.63) is 59.6 Å². The quantitative estimate of drug-likeness (QED) is 0.399. The number of rotatable bonds is 10. The number of methoxy groups -OCH3 is 2. The second-order valence-electron chi connectivity index (χ2n) is 8.17. The number of carbonyl (C=O) groups is 1. The van der Waals surface area contributed by atoms with Gasteiger partial charge in [-0.2, -0.15) is 4.98 Å². The molecule has 10 nitrogen and oxygen atoms in total. The van der Waals surface area contributed by atoms with Gasteiger partial charge < -0.3 is 29.2 Å². The number of ether oxygens (including phenoxy) is 3. The van der Waals surface area contributed by atoms with Crippen LogP contribution in [0.1, 0.15) is 37.8 Å². The van der Waals surface area contributed by atoms with Gasteiger partial charge in [0.15, 0.2) is 11.5 Å². The summed E-state index contributed by atoms with van der Waals surface area (Å²) in [5.41, 5.74) is 2.73. The lowest BCUT2D eigenvalue weighted by atomic mass is 9.94. The SMILES string of the molecule is CCOCCCN1C(=O)NC(c2ccc(OC)c(O)c2)C(c2nc(-c3ccc(OC)cc3)no2)=C1C. The molecule has 1 aromatic heterocycles. The minimum Gasteiger partial charge on any atom is -0.504 e. The molecule has 1 aliphatic heterocycles. The number of urea groups is 1. The molecule has 0 radical (unpaired) electrons. The molecular weight excluding hydrogens is 464 g/mol. The first-order chi connectivity index (χ1) is 17.5. The number of aromatic hydroxyl groups is 1. The van der Waals surface area contributed by atoms with Crippen LogP contribution in [-0.4, -0.2) is 60.2 Å². The van der Waals surface area contributed by atoms with Crippen molar-refractivity contribution in [1.82, 2.24) is 20.4 Å². The predicted molar refractivity (Wildman–Crippen MR) is 133 cm³/mol.